The Labute approximate surface area is 118 Å². The molecule has 6 nitrogen and oxygen atoms in total. The summed E-state index contributed by atoms with van der Waals surface area (Å²) in [5, 5.41) is 13.2. The smallest absolute Gasteiger partial charge is 0.305 e. The molecule has 0 radical (unpaired) electrons. The van der Waals surface area contributed by atoms with Gasteiger partial charge in [-0.15, -0.1) is 0 Å². The van der Waals surface area contributed by atoms with Gasteiger partial charge < -0.3 is 10.0 Å². The van der Waals surface area contributed by atoms with Gasteiger partial charge in [0.2, 0.25) is 0 Å². The van der Waals surface area contributed by atoms with E-state index in [2.05, 4.69) is 5.10 Å². The number of aliphatic carboxylic acids is 1. The third kappa shape index (κ3) is 2.84. The Hall–Kier alpha value is -1.85. The predicted octanol–water partition coefficient (Wildman–Crippen LogP) is 1.67. The van der Waals surface area contributed by atoms with Crippen molar-refractivity contribution >= 4 is 11.9 Å². The van der Waals surface area contributed by atoms with E-state index < -0.39 is 11.5 Å². The van der Waals surface area contributed by atoms with Crippen LogP contribution in [-0.4, -0.2) is 44.3 Å². The Kier molecular flexibility index (Phi) is 4.11. The summed E-state index contributed by atoms with van der Waals surface area (Å²) < 4.78 is 1.58. The molecule has 0 bridgehead atoms. The van der Waals surface area contributed by atoms with Crippen LogP contribution >= 0.6 is 0 Å². The van der Waals surface area contributed by atoms with Crippen molar-refractivity contribution in [2.45, 2.75) is 44.1 Å². The molecule has 0 unspecified atom stereocenters. The fourth-order valence-electron chi connectivity index (χ4n) is 3.06. The topological polar surface area (TPSA) is 75.4 Å². The van der Waals surface area contributed by atoms with Crippen LogP contribution in [-0.2, 0) is 11.8 Å². The van der Waals surface area contributed by atoms with Gasteiger partial charge in [-0.05, 0) is 12.8 Å². The quantitative estimate of drug-likeness (QED) is 0.909. The molecule has 0 atom stereocenters. The molecule has 0 saturated heterocycles. The van der Waals surface area contributed by atoms with Gasteiger partial charge in [0.05, 0.1) is 23.7 Å². The number of hydrogen-bond donors (Lipinski definition) is 1. The zero-order valence-electron chi connectivity index (χ0n) is 12.0. The van der Waals surface area contributed by atoms with Crippen LogP contribution in [0.1, 0.15) is 48.9 Å². The number of aromatic nitrogens is 2. The molecule has 0 aliphatic heterocycles. The summed E-state index contributed by atoms with van der Waals surface area (Å²) in [6.45, 7) is 0. The second-order valence-electron chi connectivity index (χ2n) is 5.62. The number of hydrogen-bond acceptors (Lipinski definition) is 3. The van der Waals surface area contributed by atoms with Gasteiger partial charge >= 0.3 is 5.97 Å². The normalized spacial score (nSPS) is 17.7. The second kappa shape index (κ2) is 5.64. The molecule has 1 amide bonds. The Morgan fingerprint density at radius 1 is 1.40 bits per heavy atom. The maximum atomic E-state index is 12.5. The van der Waals surface area contributed by atoms with E-state index in [0.29, 0.717) is 5.56 Å². The van der Waals surface area contributed by atoms with Crippen LogP contribution in [0.3, 0.4) is 0 Å². The van der Waals surface area contributed by atoms with E-state index in [9.17, 15) is 14.7 Å². The summed E-state index contributed by atoms with van der Waals surface area (Å²) in [5.41, 5.74) is -0.0536. The Morgan fingerprint density at radius 3 is 2.55 bits per heavy atom. The Balaban J connectivity index is 2.23. The molecule has 1 aliphatic rings. The molecule has 20 heavy (non-hydrogen) atoms. The molecule has 1 saturated carbocycles. The van der Waals surface area contributed by atoms with Gasteiger partial charge in [-0.1, -0.05) is 19.3 Å². The molecule has 1 aliphatic carbocycles. The highest BCUT2D eigenvalue weighted by atomic mass is 16.4. The van der Waals surface area contributed by atoms with Crippen molar-refractivity contribution in [3.05, 3.63) is 18.0 Å². The van der Waals surface area contributed by atoms with E-state index in [4.69, 9.17) is 0 Å². The van der Waals surface area contributed by atoms with Crippen LogP contribution in [0, 0.1) is 0 Å². The number of nitrogens with zero attached hydrogens (tertiary/aromatic N) is 3. The Bertz CT molecular complexity index is 504. The molecule has 2 rings (SSSR count). The fraction of sp³-hybridized carbons (Fsp3) is 0.643. The maximum Gasteiger partial charge on any atom is 0.305 e. The van der Waals surface area contributed by atoms with Crippen LogP contribution < -0.4 is 0 Å². The van der Waals surface area contributed by atoms with E-state index in [1.54, 1.807) is 29.9 Å². The summed E-state index contributed by atoms with van der Waals surface area (Å²) in [4.78, 5) is 25.3. The lowest BCUT2D eigenvalue weighted by atomic mass is 9.78. The highest BCUT2D eigenvalue weighted by Crippen LogP contribution is 2.36. The number of amides is 1. The van der Waals surface area contributed by atoms with E-state index in [1.165, 1.54) is 6.20 Å². The predicted molar refractivity (Wildman–Crippen MR) is 73.4 cm³/mol. The van der Waals surface area contributed by atoms with Gasteiger partial charge in [-0.25, -0.2) is 0 Å². The van der Waals surface area contributed by atoms with Gasteiger partial charge in [-0.2, -0.15) is 5.10 Å². The van der Waals surface area contributed by atoms with Crippen molar-refractivity contribution < 1.29 is 14.7 Å². The van der Waals surface area contributed by atoms with Gasteiger partial charge in [0.15, 0.2) is 0 Å². The molecule has 1 aromatic heterocycles. The van der Waals surface area contributed by atoms with Gasteiger partial charge in [0.1, 0.15) is 0 Å². The van der Waals surface area contributed by atoms with Crippen molar-refractivity contribution in [1.29, 1.82) is 0 Å². The molecule has 110 valence electrons. The summed E-state index contributed by atoms with van der Waals surface area (Å²) in [6.07, 6.45) is 7.75. The number of carbonyl (C=O) groups is 2. The van der Waals surface area contributed by atoms with Crippen LogP contribution in [0.5, 0.6) is 0 Å². The second-order valence-corrected chi connectivity index (χ2v) is 5.62. The third-order valence-corrected chi connectivity index (χ3v) is 4.23. The average molecular weight is 279 g/mol. The van der Waals surface area contributed by atoms with Crippen molar-refractivity contribution in [1.82, 2.24) is 14.7 Å². The molecule has 1 heterocycles. The number of carboxylic acids is 1. The summed E-state index contributed by atoms with van der Waals surface area (Å²) >= 11 is 0. The lowest BCUT2D eigenvalue weighted by Crippen LogP contribution is -2.52. The van der Waals surface area contributed by atoms with Gasteiger partial charge in [0.25, 0.3) is 5.91 Å². The first-order chi connectivity index (χ1) is 9.44. The number of carbonyl (C=O) groups excluding carboxylic acids is 1. The fourth-order valence-corrected chi connectivity index (χ4v) is 3.06. The van der Waals surface area contributed by atoms with E-state index in [0.717, 1.165) is 32.1 Å². The van der Waals surface area contributed by atoms with E-state index in [1.807, 2.05) is 0 Å². The van der Waals surface area contributed by atoms with Gasteiger partial charge in [0, 0.05) is 20.3 Å². The molecule has 1 fully saturated rings. The standard InChI is InChI=1S/C14H21N3O3/c1-16-10-11(9-15-16)13(20)17(2)14(8-12(18)19)6-4-3-5-7-14/h9-10H,3-8H2,1-2H3,(H,18,19). The first kappa shape index (κ1) is 14.6. The zero-order chi connectivity index (χ0) is 14.8. The van der Waals surface area contributed by atoms with Crippen LogP contribution in [0.15, 0.2) is 12.4 Å². The monoisotopic (exact) mass is 279 g/mol. The molecule has 0 aromatic carbocycles. The minimum atomic E-state index is -0.849. The van der Waals surface area contributed by atoms with Crippen LogP contribution in [0.4, 0.5) is 0 Å². The Morgan fingerprint density at radius 2 is 2.05 bits per heavy atom. The third-order valence-electron chi connectivity index (χ3n) is 4.23. The molecule has 1 N–H and O–H groups in total. The largest absolute Gasteiger partial charge is 0.481 e. The molecule has 0 spiro atoms. The first-order valence-electron chi connectivity index (χ1n) is 6.93. The minimum Gasteiger partial charge on any atom is -0.481 e. The lowest BCUT2D eigenvalue weighted by molar-refractivity contribution is -0.140. The number of rotatable bonds is 4. The van der Waals surface area contributed by atoms with Crippen molar-refractivity contribution in [3.8, 4) is 0 Å². The van der Waals surface area contributed by atoms with Gasteiger partial charge in [-0.3, -0.25) is 14.3 Å². The van der Waals surface area contributed by atoms with E-state index in [-0.39, 0.29) is 12.3 Å². The van der Waals surface area contributed by atoms with Crippen molar-refractivity contribution in [3.63, 3.8) is 0 Å². The van der Waals surface area contributed by atoms with E-state index >= 15 is 0 Å². The molecular weight excluding hydrogens is 258 g/mol. The van der Waals surface area contributed by atoms with Crippen molar-refractivity contribution in [2.75, 3.05) is 7.05 Å². The maximum absolute atomic E-state index is 12.5. The number of carboxylic acid groups (broad SMARTS) is 1. The highest BCUT2D eigenvalue weighted by Gasteiger charge is 2.40. The lowest BCUT2D eigenvalue weighted by Gasteiger charge is -2.43. The molecule has 1 aromatic rings. The number of aryl methyl sites for hydroxylation is 1. The molecular formula is C14H21N3O3. The van der Waals surface area contributed by atoms with Crippen molar-refractivity contribution in [2.24, 2.45) is 7.05 Å². The van der Waals surface area contributed by atoms with Crippen LogP contribution in [0.25, 0.3) is 0 Å². The zero-order valence-corrected chi connectivity index (χ0v) is 12.0. The summed E-state index contributed by atoms with van der Waals surface area (Å²) in [6, 6.07) is 0. The minimum absolute atomic E-state index is 0.00943. The molecule has 6 heteroatoms. The summed E-state index contributed by atoms with van der Waals surface area (Å²) in [5.74, 6) is -1.00. The highest BCUT2D eigenvalue weighted by molar-refractivity contribution is 5.94. The van der Waals surface area contributed by atoms with Crippen LogP contribution in [0.2, 0.25) is 0 Å². The SMILES string of the molecule is CN(C(=O)c1cnn(C)c1)C1(CC(=O)O)CCCCC1. The summed E-state index contributed by atoms with van der Waals surface area (Å²) in [7, 11) is 3.47. The average Bonchev–Trinajstić information content (AvgIpc) is 2.84. The first-order valence-corrected chi connectivity index (χ1v) is 6.93.